The van der Waals surface area contributed by atoms with Crippen molar-refractivity contribution in [1.29, 1.82) is 0 Å². The largest absolute Gasteiger partial charge is 0.300 e. The first-order valence-corrected chi connectivity index (χ1v) is 12.3. The van der Waals surface area contributed by atoms with Crippen LogP contribution in [0.1, 0.15) is 18.4 Å². The number of sulfonamides is 1. The molecule has 1 aromatic carbocycles. The predicted molar refractivity (Wildman–Crippen MR) is 109 cm³/mol. The summed E-state index contributed by atoms with van der Waals surface area (Å²) in [5.41, 5.74) is 0.671. The number of rotatable bonds is 6. The Balaban J connectivity index is 1.63. The second kappa shape index (κ2) is 8.87. The minimum absolute atomic E-state index is 0.105. The molecule has 1 aromatic heterocycles. The van der Waals surface area contributed by atoms with Gasteiger partial charge < -0.3 is 5.32 Å². The number of hydrogen-bond acceptors (Lipinski definition) is 7. The fourth-order valence-electron chi connectivity index (χ4n) is 2.84. The lowest BCUT2D eigenvalue weighted by Gasteiger charge is -2.31. The number of nitrogens with one attached hydrogen (secondary N) is 1. The summed E-state index contributed by atoms with van der Waals surface area (Å²) in [5, 5.41) is 11.6. The van der Waals surface area contributed by atoms with E-state index in [0.29, 0.717) is 35.1 Å². The van der Waals surface area contributed by atoms with Gasteiger partial charge in [-0.05, 0) is 36.8 Å². The first-order valence-electron chi connectivity index (χ1n) is 8.28. The van der Waals surface area contributed by atoms with E-state index in [4.69, 9.17) is 11.6 Å². The van der Waals surface area contributed by atoms with Crippen LogP contribution in [-0.2, 0) is 20.6 Å². The maximum Gasteiger partial charge on any atom is 0.230 e. The van der Waals surface area contributed by atoms with Crippen molar-refractivity contribution in [2.75, 3.05) is 24.7 Å². The molecule has 7 nitrogen and oxygen atoms in total. The summed E-state index contributed by atoms with van der Waals surface area (Å²) in [4.78, 5) is 12.5. The third kappa shape index (κ3) is 5.41. The molecular weight excluding hydrogens is 428 g/mol. The van der Waals surface area contributed by atoms with Crippen LogP contribution in [0, 0.1) is 5.92 Å². The molecule has 1 N–H and O–H groups in total. The van der Waals surface area contributed by atoms with E-state index < -0.39 is 15.9 Å². The van der Waals surface area contributed by atoms with Crippen molar-refractivity contribution in [1.82, 2.24) is 14.5 Å². The van der Waals surface area contributed by atoms with Gasteiger partial charge in [-0.25, -0.2) is 12.7 Å². The minimum atomic E-state index is -3.51. The van der Waals surface area contributed by atoms with E-state index in [1.54, 1.807) is 24.3 Å². The molecule has 0 spiro atoms. The number of thioether (sulfide) groups is 1. The highest BCUT2D eigenvalue weighted by Crippen LogP contribution is 2.26. The van der Waals surface area contributed by atoms with Gasteiger partial charge in [-0.1, -0.05) is 46.8 Å². The number of carbonyl (C=O) groups is 1. The highest BCUT2D eigenvalue weighted by atomic mass is 35.5. The molecule has 0 aliphatic carbocycles. The summed E-state index contributed by atoms with van der Waals surface area (Å²) in [5.74, 6) is -0.725. The van der Waals surface area contributed by atoms with Gasteiger partial charge in [0.2, 0.25) is 21.1 Å². The summed E-state index contributed by atoms with van der Waals surface area (Å²) in [6.07, 6.45) is 3.17. The smallest absolute Gasteiger partial charge is 0.230 e. The molecule has 27 heavy (non-hydrogen) atoms. The monoisotopic (exact) mass is 446 g/mol. The van der Waals surface area contributed by atoms with Crippen molar-refractivity contribution in [2.24, 2.45) is 5.92 Å². The Morgan fingerprint density at radius 1 is 1.37 bits per heavy atom. The van der Waals surface area contributed by atoms with Crippen LogP contribution in [-0.4, -0.2) is 48.2 Å². The normalized spacial score (nSPS) is 18.4. The SMILES string of the molecule is CSc1nnc(NC(=O)[C@@H]2CCCN(S(=O)(=O)Cc3ccc(Cl)cc3)C2)s1. The number of halogens is 1. The minimum Gasteiger partial charge on any atom is -0.300 e. The quantitative estimate of drug-likeness (QED) is 0.541. The van der Waals surface area contributed by atoms with Crippen LogP contribution < -0.4 is 5.32 Å². The third-order valence-corrected chi connectivity index (χ3v) is 8.10. The summed E-state index contributed by atoms with van der Waals surface area (Å²) in [6, 6.07) is 6.74. The molecule has 0 saturated carbocycles. The van der Waals surface area contributed by atoms with Crippen molar-refractivity contribution in [3.05, 3.63) is 34.9 Å². The Kier molecular flexibility index (Phi) is 6.74. The van der Waals surface area contributed by atoms with Crippen molar-refractivity contribution in [3.63, 3.8) is 0 Å². The highest BCUT2D eigenvalue weighted by Gasteiger charge is 2.32. The summed E-state index contributed by atoms with van der Waals surface area (Å²) in [7, 11) is -3.51. The van der Waals surface area contributed by atoms with E-state index in [1.165, 1.54) is 27.4 Å². The van der Waals surface area contributed by atoms with Crippen LogP contribution in [0.2, 0.25) is 5.02 Å². The Morgan fingerprint density at radius 3 is 2.78 bits per heavy atom. The molecule has 1 amide bonds. The van der Waals surface area contributed by atoms with E-state index in [2.05, 4.69) is 15.5 Å². The lowest BCUT2D eigenvalue weighted by Crippen LogP contribution is -2.44. The molecule has 1 aliphatic rings. The lowest BCUT2D eigenvalue weighted by molar-refractivity contribution is -0.120. The molecule has 2 heterocycles. The van der Waals surface area contributed by atoms with Gasteiger partial charge in [-0.2, -0.15) is 0 Å². The topological polar surface area (TPSA) is 92.3 Å². The zero-order valence-electron chi connectivity index (χ0n) is 14.6. The number of carbonyl (C=O) groups excluding carboxylic acids is 1. The van der Waals surface area contributed by atoms with E-state index in [1.807, 2.05) is 6.26 Å². The van der Waals surface area contributed by atoms with Gasteiger partial charge >= 0.3 is 0 Å². The second-order valence-electron chi connectivity index (χ2n) is 6.15. The van der Waals surface area contributed by atoms with E-state index in [0.717, 1.165) is 4.34 Å². The zero-order valence-corrected chi connectivity index (χ0v) is 17.8. The molecule has 11 heteroatoms. The maximum absolute atomic E-state index is 12.7. The number of amides is 1. The summed E-state index contributed by atoms with van der Waals surface area (Å²) in [6.45, 7) is 0.602. The van der Waals surface area contributed by atoms with E-state index in [9.17, 15) is 13.2 Å². The zero-order chi connectivity index (χ0) is 19.4. The van der Waals surface area contributed by atoms with Crippen LogP contribution in [0.5, 0.6) is 0 Å². The highest BCUT2D eigenvalue weighted by molar-refractivity contribution is 8.00. The molecule has 0 unspecified atom stereocenters. The first-order chi connectivity index (χ1) is 12.9. The molecular formula is C16H19ClN4O3S3. The first kappa shape index (κ1) is 20.5. The van der Waals surface area contributed by atoms with E-state index in [-0.39, 0.29) is 18.2 Å². The average Bonchev–Trinajstić information content (AvgIpc) is 3.11. The van der Waals surface area contributed by atoms with Gasteiger partial charge in [0, 0.05) is 18.1 Å². The molecule has 1 fully saturated rings. The van der Waals surface area contributed by atoms with Gasteiger partial charge in [0.1, 0.15) is 0 Å². The van der Waals surface area contributed by atoms with Gasteiger partial charge in [-0.3, -0.25) is 4.79 Å². The van der Waals surface area contributed by atoms with Gasteiger partial charge in [0.25, 0.3) is 0 Å². The molecule has 0 bridgehead atoms. The Hall–Kier alpha value is -1.20. The van der Waals surface area contributed by atoms with Crippen molar-refractivity contribution in [3.8, 4) is 0 Å². The standard InChI is InChI=1S/C16H19ClN4O3S3/c1-25-16-20-19-15(26-16)18-14(22)12-3-2-8-21(9-12)27(23,24)10-11-4-6-13(17)7-5-11/h4-7,12H,2-3,8-10H2,1H3,(H,18,19,22)/t12-/m1/s1. The molecule has 0 radical (unpaired) electrons. The molecule has 146 valence electrons. The molecule has 3 rings (SSSR count). The molecule has 1 aliphatic heterocycles. The molecule has 1 atom stereocenters. The fraction of sp³-hybridized carbons (Fsp3) is 0.438. The van der Waals surface area contributed by atoms with Crippen LogP contribution in [0.4, 0.5) is 5.13 Å². The molecule has 1 saturated heterocycles. The Labute approximate surface area is 171 Å². The van der Waals surface area contributed by atoms with Crippen LogP contribution in [0.3, 0.4) is 0 Å². The number of hydrogen-bond donors (Lipinski definition) is 1. The number of benzene rings is 1. The number of nitrogens with zero attached hydrogens (tertiary/aromatic N) is 3. The maximum atomic E-state index is 12.7. The summed E-state index contributed by atoms with van der Waals surface area (Å²) >= 11 is 8.60. The van der Waals surface area contributed by atoms with Gasteiger partial charge in [0.05, 0.1) is 11.7 Å². The number of anilines is 1. The van der Waals surface area contributed by atoms with Crippen molar-refractivity contribution >= 4 is 55.8 Å². The Morgan fingerprint density at radius 2 is 2.11 bits per heavy atom. The lowest BCUT2D eigenvalue weighted by atomic mass is 9.99. The Bertz CT molecular complexity index is 902. The second-order valence-corrected chi connectivity index (χ2v) is 10.6. The molecule has 2 aromatic rings. The third-order valence-electron chi connectivity index (χ3n) is 4.22. The predicted octanol–water partition coefficient (Wildman–Crippen LogP) is 3.09. The summed E-state index contributed by atoms with van der Waals surface area (Å²) < 4.78 is 27.7. The van der Waals surface area contributed by atoms with Gasteiger partial charge in [0.15, 0.2) is 4.34 Å². The van der Waals surface area contributed by atoms with Crippen LogP contribution in [0.15, 0.2) is 28.6 Å². The van der Waals surface area contributed by atoms with E-state index >= 15 is 0 Å². The van der Waals surface area contributed by atoms with Crippen LogP contribution in [0.25, 0.3) is 0 Å². The number of aromatic nitrogens is 2. The van der Waals surface area contributed by atoms with Crippen LogP contribution >= 0.6 is 34.7 Å². The van der Waals surface area contributed by atoms with Gasteiger partial charge in [-0.15, -0.1) is 10.2 Å². The fourth-order valence-corrected chi connectivity index (χ4v) is 5.75. The van der Waals surface area contributed by atoms with Crippen molar-refractivity contribution < 1.29 is 13.2 Å². The van der Waals surface area contributed by atoms with Crippen molar-refractivity contribution in [2.45, 2.75) is 22.9 Å². The average molecular weight is 447 g/mol. The number of piperidine rings is 1.